The van der Waals surface area contributed by atoms with Gasteiger partial charge < -0.3 is 4.74 Å². The predicted molar refractivity (Wildman–Crippen MR) is 51.2 cm³/mol. The van der Waals surface area contributed by atoms with Crippen molar-refractivity contribution in [2.75, 3.05) is 6.61 Å². The lowest BCUT2D eigenvalue weighted by Crippen LogP contribution is -2.40. The Balaban J connectivity index is 2.68. The van der Waals surface area contributed by atoms with Gasteiger partial charge in [0.25, 0.3) is 0 Å². The van der Waals surface area contributed by atoms with E-state index in [9.17, 15) is 4.79 Å². The second-order valence-corrected chi connectivity index (χ2v) is 3.28. The SMILES string of the molecule is CCOC(=O)C(Br)[n+]1ccccc1. The summed E-state index contributed by atoms with van der Waals surface area (Å²) >= 11 is 3.24. The van der Waals surface area contributed by atoms with Crippen LogP contribution in [0.3, 0.4) is 0 Å². The minimum absolute atomic E-state index is 0.279. The second-order valence-electron chi connectivity index (χ2n) is 2.41. The van der Waals surface area contributed by atoms with E-state index in [1.54, 1.807) is 23.9 Å². The van der Waals surface area contributed by atoms with Gasteiger partial charge in [-0.3, -0.25) is 0 Å². The summed E-state index contributed by atoms with van der Waals surface area (Å²) in [5.74, 6) is -0.279. The fourth-order valence-corrected chi connectivity index (χ4v) is 1.30. The molecule has 1 aromatic rings. The molecule has 0 N–H and O–H groups in total. The maximum absolute atomic E-state index is 11.3. The van der Waals surface area contributed by atoms with Gasteiger partial charge in [-0.1, -0.05) is 6.07 Å². The van der Waals surface area contributed by atoms with E-state index in [0.717, 1.165) is 0 Å². The molecular formula is C9H11BrNO2+. The number of hydrogen-bond acceptors (Lipinski definition) is 2. The van der Waals surface area contributed by atoms with Gasteiger partial charge in [0.15, 0.2) is 12.4 Å². The van der Waals surface area contributed by atoms with E-state index in [1.807, 2.05) is 18.2 Å². The fraction of sp³-hybridized carbons (Fsp3) is 0.333. The zero-order valence-corrected chi connectivity index (χ0v) is 8.90. The molecule has 0 saturated heterocycles. The number of aromatic nitrogens is 1. The minimum atomic E-state index is -0.436. The molecule has 1 atom stereocenters. The molecule has 1 aromatic heterocycles. The van der Waals surface area contributed by atoms with Crippen molar-refractivity contribution in [2.45, 2.75) is 11.9 Å². The van der Waals surface area contributed by atoms with E-state index in [-0.39, 0.29) is 5.97 Å². The van der Waals surface area contributed by atoms with Crippen LogP contribution in [0.15, 0.2) is 30.6 Å². The number of alkyl halides is 1. The number of nitrogens with zero attached hydrogens (tertiary/aromatic N) is 1. The Morgan fingerprint density at radius 2 is 2.08 bits per heavy atom. The lowest BCUT2D eigenvalue weighted by Gasteiger charge is -2.03. The van der Waals surface area contributed by atoms with Gasteiger partial charge in [-0.15, -0.1) is 0 Å². The van der Waals surface area contributed by atoms with E-state index >= 15 is 0 Å². The molecule has 70 valence electrons. The highest BCUT2D eigenvalue weighted by Gasteiger charge is 2.24. The maximum Gasteiger partial charge on any atom is 0.387 e. The molecule has 0 aliphatic carbocycles. The van der Waals surface area contributed by atoms with Gasteiger partial charge in [0.2, 0.25) is 0 Å². The zero-order valence-electron chi connectivity index (χ0n) is 7.31. The molecule has 4 heteroatoms. The first-order valence-corrected chi connectivity index (χ1v) is 4.93. The summed E-state index contributed by atoms with van der Waals surface area (Å²) in [5, 5.41) is 0. The molecule has 0 aliphatic heterocycles. The number of carbonyl (C=O) groups is 1. The largest absolute Gasteiger partial charge is 0.460 e. The maximum atomic E-state index is 11.3. The smallest absolute Gasteiger partial charge is 0.387 e. The van der Waals surface area contributed by atoms with Crippen molar-refractivity contribution in [3.05, 3.63) is 30.6 Å². The van der Waals surface area contributed by atoms with Crippen molar-refractivity contribution in [1.29, 1.82) is 0 Å². The Hall–Kier alpha value is -0.900. The summed E-state index contributed by atoms with van der Waals surface area (Å²) in [6, 6.07) is 5.60. The molecule has 3 nitrogen and oxygen atoms in total. The Kier molecular flexibility index (Phi) is 3.89. The minimum Gasteiger partial charge on any atom is -0.460 e. The molecule has 1 heterocycles. The normalized spacial score (nSPS) is 12.2. The standard InChI is InChI=1S/C9H11BrNO2/c1-2-13-9(12)8(10)11-6-4-3-5-7-11/h3-8H,2H2,1H3/q+1. The van der Waals surface area contributed by atoms with Gasteiger partial charge in [0, 0.05) is 28.1 Å². The third-order valence-corrected chi connectivity index (χ3v) is 2.33. The topological polar surface area (TPSA) is 30.2 Å². The van der Waals surface area contributed by atoms with Crippen LogP contribution in [-0.2, 0) is 9.53 Å². The first-order chi connectivity index (χ1) is 6.25. The van der Waals surface area contributed by atoms with Crippen molar-refractivity contribution in [3.63, 3.8) is 0 Å². The average molecular weight is 245 g/mol. The Bertz CT molecular complexity index is 276. The van der Waals surface area contributed by atoms with E-state index in [1.165, 1.54) is 0 Å². The first-order valence-electron chi connectivity index (χ1n) is 4.02. The molecule has 0 aromatic carbocycles. The van der Waals surface area contributed by atoms with Crippen molar-refractivity contribution in [2.24, 2.45) is 0 Å². The Morgan fingerprint density at radius 1 is 1.46 bits per heavy atom. The summed E-state index contributed by atoms with van der Waals surface area (Å²) in [6.07, 6.45) is 3.60. The molecule has 0 amide bonds. The summed E-state index contributed by atoms with van der Waals surface area (Å²) in [4.78, 5) is 10.8. The number of esters is 1. The van der Waals surface area contributed by atoms with Crippen LogP contribution in [0.5, 0.6) is 0 Å². The van der Waals surface area contributed by atoms with Gasteiger partial charge in [-0.05, 0) is 6.92 Å². The van der Waals surface area contributed by atoms with Crippen LogP contribution in [0.2, 0.25) is 0 Å². The van der Waals surface area contributed by atoms with E-state index in [4.69, 9.17) is 4.74 Å². The second kappa shape index (κ2) is 4.97. The zero-order chi connectivity index (χ0) is 9.68. The average Bonchev–Trinajstić information content (AvgIpc) is 2.18. The predicted octanol–water partition coefficient (Wildman–Crippen LogP) is 1.43. The van der Waals surface area contributed by atoms with Gasteiger partial charge in [0.05, 0.1) is 6.61 Å². The van der Waals surface area contributed by atoms with Crippen LogP contribution in [0.4, 0.5) is 0 Å². The molecule has 0 bridgehead atoms. The molecule has 13 heavy (non-hydrogen) atoms. The quantitative estimate of drug-likeness (QED) is 0.458. The lowest BCUT2D eigenvalue weighted by atomic mass is 10.5. The molecule has 0 spiro atoms. The summed E-state index contributed by atoms with van der Waals surface area (Å²) in [6.45, 7) is 2.18. The van der Waals surface area contributed by atoms with E-state index < -0.39 is 4.95 Å². The van der Waals surface area contributed by atoms with Crippen LogP contribution < -0.4 is 4.57 Å². The summed E-state index contributed by atoms with van der Waals surface area (Å²) in [5.41, 5.74) is 0. The van der Waals surface area contributed by atoms with Gasteiger partial charge in [-0.2, -0.15) is 4.57 Å². The highest BCUT2D eigenvalue weighted by molar-refractivity contribution is 9.09. The first kappa shape index (κ1) is 10.2. The molecular weight excluding hydrogens is 234 g/mol. The third-order valence-electron chi connectivity index (χ3n) is 1.48. The number of rotatable bonds is 3. The van der Waals surface area contributed by atoms with Crippen LogP contribution >= 0.6 is 15.9 Å². The Morgan fingerprint density at radius 3 is 2.62 bits per heavy atom. The van der Waals surface area contributed by atoms with Crippen LogP contribution in [0.25, 0.3) is 0 Å². The number of halogens is 1. The van der Waals surface area contributed by atoms with Gasteiger partial charge in [0.1, 0.15) is 0 Å². The molecule has 0 fully saturated rings. The monoisotopic (exact) mass is 244 g/mol. The van der Waals surface area contributed by atoms with Crippen molar-refractivity contribution < 1.29 is 14.1 Å². The third kappa shape index (κ3) is 2.81. The molecule has 0 radical (unpaired) electrons. The Labute approximate surface area is 85.5 Å². The summed E-state index contributed by atoms with van der Waals surface area (Å²) in [7, 11) is 0. The highest BCUT2D eigenvalue weighted by atomic mass is 79.9. The fourth-order valence-electron chi connectivity index (χ4n) is 0.896. The van der Waals surface area contributed by atoms with E-state index in [2.05, 4.69) is 15.9 Å². The number of ether oxygens (including phenoxy) is 1. The number of pyridine rings is 1. The van der Waals surface area contributed by atoms with Crippen LogP contribution in [0.1, 0.15) is 11.9 Å². The lowest BCUT2D eigenvalue weighted by molar-refractivity contribution is -0.686. The van der Waals surface area contributed by atoms with Crippen molar-refractivity contribution in [3.8, 4) is 0 Å². The molecule has 0 aliphatic rings. The van der Waals surface area contributed by atoms with E-state index in [0.29, 0.717) is 6.61 Å². The van der Waals surface area contributed by atoms with Crippen molar-refractivity contribution in [1.82, 2.24) is 0 Å². The summed E-state index contributed by atoms with van der Waals surface area (Å²) < 4.78 is 6.59. The van der Waals surface area contributed by atoms with Crippen LogP contribution in [0, 0.1) is 0 Å². The highest BCUT2D eigenvalue weighted by Crippen LogP contribution is 2.07. The molecule has 0 saturated carbocycles. The molecule has 1 rings (SSSR count). The molecule has 1 unspecified atom stereocenters. The van der Waals surface area contributed by atoms with Crippen molar-refractivity contribution >= 4 is 21.9 Å². The van der Waals surface area contributed by atoms with Crippen LogP contribution in [-0.4, -0.2) is 12.6 Å². The number of hydrogen-bond donors (Lipinski definition) is 0. The van der Waals surface area contributed by atoms with Gasteiger partial charge >= 0.3 is 10.9 Å². The van der Waals surface area contributed by atoms with Gasteiger partial charge in [-0.25, -0.2) is 4.79 Å². The number of carbonyl (C=O) groups excluding carboxylic acids is 1.